The molecule has 7 heteroatoms. The minimum Gasteiger partial charge on any atom is -0.382 e. The molecule has 1 aromatic heterocycles. The third-order valence-electron chi connectivity index (χ3n) is 3.63. The van der Waals surface area contributed by atoms with Gasteiger partial charge in [-0.15, -0.1) is 0 Å². The van der Waals surface area contributed by atoms with Gasteiger partial charge in [-0.2, -0.15) is 4.37 Å². The molecule has 0 aliphatic heterocycles. The number of nitrogens with two attached hydrogens (primary N) is 1. The van der Waals surface area contributed by atoms with Crippen molar-refractivity contribution in [3.8, 4) is 0 Å². The van der Waals surface area contributed by atoms with E-state index in [0.29, 0.717) is 10.9 Å². The molecule has 1 saturated carbocycles. The van der Waals surface area contributed by atoms with Crippen molar-refractivity contribution in [1.29, 1.82) is 0 Å². The number of nitrogen functional groups attached to an aromatic ring is 1. The molecule has 2 rings (SSSR count). The number of hydrogen-bond donors (Lipinski definition) is 1. The molecule has 1 aliphatic carbocycles. The Kier molecular flexibility index (Phi) is 4.35. The van der Waals surface area contributed by atoms with Crippen LogP contribution in [0.2, 0.25) is 0 Å². The minimum absolute atomic E-state index is 0.123. The highest BCUT2D eigenvalue weighted by atomic mass is 32.2. The van der Waals surface area contributed by atoms with Crippen LogP contribution in [-0.4, -0.2) is 32.6 Å². The third-order valence-corrected chi connectivity index (χ3v) is 5.88. The van der Waals surface area contributed by atoms with Gasteiger partial charge in [-0.3, -0.25) is 0 Å². The molecule has 19 heavy (non-hydrogen) atoms. The Morgan fingerprint density at radius 3 is 2.58 bits per heavy atom. The third kappa shape index (κ3) is 3.39. The first kappa shape index (κ1) is 14.6. The summed E-state index contributed by atoms with van der Waals surface area (Å²) in [5.74, 6) is 0.771. The van der Waals surface area contributed by atoms with E-state index in [1.54, 1.807) is 0 Å². The highest BCUT2D eigenvalue weighted by molar-refractivity contribution is 7.91. The van der Waals surface area contributed by atoms with E-state index >= 15 is 0 Å². The van der Waals surface area contributed by atoms with Crippen molar-refractivity contribution in [3.63, 3.8) is 0 Å². The average molecular weight is 303 g/mol. The number of aromatic nitrogens is 1. The van der Waals surface area contributed by atoms with Crippen LogP contribution < -0.4 is 10.6 Å². The van der Waals surface area contributed by atoms with Gasteiger partial charge in [-0.05, 0) is 30.3 Å². The Bertz CT molecular complexity index is 533. The van der Waals surface area contributed by atoms with Crippen molar-refractivity contribution in [3.05, 3.63) is 0 Å². The van der Waals surface area contributed by atoms with Crippen molar-refractivity contribution in [1.82, 2.24) is 4.37 Å². The monoisotopic (exact) mass is 303 g/mol. The molecule has 0 amide bonds. The Balaban J connectivity index is 2.17. The lowest BCUT2D eigenvalue weighted by atomic mass is 9.89. The molecule has 108 valence electrons. The van der Waals surface area contributed by atoms with Crippen LogP contribution in [0.25, 0.3) is 0 Å². The fourth-order valence-electron chi connectivity index (χ4n) is 2.72. The van der Waals surface area contributed by atoms with Crippen LogP contribution in [0.5, 0.6) is 0 Å². The Morgan fingerprint density at radius 1 is 1.37 bits per heavy atom. The summed E-state index contributed by atoms with van der Waals surface area (Å²) in [4.78, 5) is 2.19. The van der Waals surface area contributed by atoms with Gasteiger partial charge in [0, 0.05) is 19.8 Å². The highest BCUT2D eigenvalue weighted by Gasteiger charge is 2.25. The normalized spacial score (nSPS) is 17.6. The van der Waals surface area contributed by atoms with E-state index in [4.69, 9.17) is 5.73 Å². The number of sulfone groups is 1. The first-order valence-electron chi connectivity index (χ1n) is 6.56. The van der Waals surface area contributed by atoms with E-state index < -0.39 is 9.84 Å². The first-order valence-corrected chi connectivity index (χ1v) is 9.22. The summed E-state index contributed by atoms with van der Waals surface area (Å²) in [5.41, 5.74) is 5.69. The summed E-state index contributed by atoms with van der Waals surface area (Å²) < 4.78 is 27.6. The average Bonchev–Trinajstić information content (AvgIpc) is 2.72. The van der Waals surface area contributed by atoms with Gasteiger partial charge in [0.2, 0.25) is 0 Å². The van der Waals surface area contributed by atoms with Gasteiger partial charge in [0.25, 0.3) is 0 Å². The molecule has 1 aromatic rings. The van der Waals surface area contributed by atoms with E-state index in [1.807, 2.05) is 11.9 Å². The molecule has 5 nitrogen and oxygen atoms in total. The molecule has 0 unspecified atom stereocenters. The molecule has 0 aromatic carbocycles. The van der Waals surface area contributed by atoms with Crippen molar-refractivity contribution < 1.29 is 8.42 Å². The zero-order valence-electron chi connectivity index (χ0n) is 11.4. The number of rotatable bonds is 4. The topological polar surface area (TPSA) is 76.3 Å². The summed E-state index contributed by atoms with van der Waals surface area (Å²) in [5, 5.41) is 0.672. The molecule has 0 radical (unpaired) electrons. The molecule has 0 atom stereocenters. The molecule has 1 heterocycles. The van der Waals surface area contributed by atoms with E-state index in [1.165, 1.54) is 49.9 Å². The minimum atomic E-state index is -3.33. The van der Waals surface area contributed by atoms with Gasteiger partial charge in [-0.25, -0.2) is 8.42 Å². The van der Waals surface area contributed by atoms with E-state index in [9.17, 15) is 8.42 Å². The van der Waals surface area contributed by atoms with Crippen LogP contribution in [0, 0.1) is 5.92 Å². The molecule has 2 N–H and O–H groups in total. The van der Waals surface area contributed by atoms with Gasteiger partial charge in [0.05, 0.1) is 0 Å². The maximum Gasteiger partial charge on any atom is 0.182 e. The fourth-order valence-corrected chi connectivity index (χ4v) is 4.92. The Hall–Kier alpha value is -0.820. The molecule has 1 fully saturated rings. The fraction of sp³-hybridized carbons (Fsp3) is 0.750. The lowest BCUT2D eigenvalue weighted by Crippen LogP contribution is -2.27. The van der Waals surface area contributed by atoms with Crippen LogP contribution in [0.4, 0.5) is 10.8 Å². The molecule has 0 spiro atoms. The summed E-state index contributed by atoms with van der Waals surface area (Å²) in [6.07, 6.45) is 7.53. The standard InChI is InChI=1S/C12H21N3O2S2/c1-15(8-9-6-4-3-5-7-9)12-10(19(2,16)17)11(13)14-18-12/h9H,3-8H2,1-2H3,(H2,13,14). The van der Waals surface area contributed by atoms with E-state index in [2.05, 4.69) is 4.37 Å². The van der Waals surface area contributed by atoms with E-state index in [0.717, 1.165) is 6.54 Å². The number of nitrogens with zero attached hydrogens (tertiary/aromatic N) is 2. The second-order valence-electron chi connectivity index (χ2n) is 5.36. The van der Waals surface area contributed by atoms with Crippen LogP contribution in [-0.2, 0) is 9.84 Å². The lowest BCUT2D eigenvalue weighted by molar-refractivity contribution is 0.362. The zero-order valence-corrected chi connectivity index (χ0v) is 13.1. The molecule has 1 aliphatic rings. The molecular formula is C12H21N3O2S2. The maximum atomic E-state index is 11.8. The Labute approximate surface area is 118 Å². The van der Waals surface area contributed by atoms with Gasteiger partial charge in [-0.1, -0.05) is 19.3 Å². The highest BCUT2D eigenvalue weighted by Crippen LogP contribution is 2.35. The predicted octanol–water partition coefficient (Wildman–Crippen LogP) is 2.15. The van der Waals surface area contributed by atoms with Crippen molar-refractivity contribution in [2.75, 3.05) is 30.5 Å². The van der Waals surface area contributed by atoms with Gasteiger partial charge < -0.3 is 10.6 Å². The van der Waals surface area contributed by atoms with Crippen LogP contribution in [0.3, 0.4) is 0 Å². The second kappa shape index (κ2) is 5.66. The summed E-state index contributed by atoms with van der Waals surface area (Å²) >= 11 is 1.17. The second-order valence-corrected chi connectivity index (χ2v) is 8.06. The van der Waals surface area contributed by atoms with Crippen LogP contribution in [0.15, 0.2) is 4.90 Å². The predicted molar refractivity (Wildman–Crippen MR) is 79.5 cm³/mol. The first-order chi connectivity index (χ1) is 8.89. The summed E-state index contributed by atoms with van der Waals surface area (Å²) in [7, 11) is -1.40. The van der Waals surface area contributed by atoms with Crippen molar-refractivity contribution in [2.45, 2.75) is 37.0 Å². The number of hydrogen-bond acceptors (Lipinski definition) is 6. The van der Waals surface area contributed by atoms with Crippen LogP contribution in [0.1, 0.15) is 32.1 Å². The largest absolute Gasteiger partial charge is 0.382 e. The number of anilines is 2. The molecule has 0 bridgehead atoms. The van der Waals surface area contributed by atoms with E-state index in [-0.39, 0.29) is 10.7 Å². The van der Waals surface area contributed by atoms with Crippen LogP contribution >= 0.6 is 11.5 Å². The van der Waals surface area contributed by atoms with Gasteiger partial charge in [0.1, 0.15) is 9.90 Å². The smallest absolute Gasteiger partial charge is 0.182 e. The summed E-state index contributed by atoms with van der Waals surface area (Å²) in [6, 6.07) is 0. The zero-order chi connectivity index (χ0) is 14.0. The lowest BCUT2D eigenvalue weighted by Gasteiger charge is -2.27. The quantitative estimate of drug-likeness (QED) is 0.922. The van der Waals surface area contributed by atoms with Gasteiger partial charge in [0.15, 0.2) is 15.7 Å². The SMILES string of the molecule is CN(CC1CCCCC1)c1snc(N)c1S(C)(=O)=O. The summed E-state index contributed by atoms with van der Waals surface area (Å²) in [6.45, 7) is 0.879. The molecule has 0 saturated heterocycles. The van der Waals surface area contributed by atoms with Crippen molar-refractivity contribution in [2.24, 2.45) is 5.92 Å². The van der Waals surface area contributed by atoms with Gasteiger partial charge >= 0.3 is 0 Å². The Morgan fingerprint density at radius 2 is 2.00 bits per heavy atom. The molecular weight excluding hydrogens is 282 g/mol. The maximum absolute atomic E-state index is 11.8. The van der Waals surface area contributed by atoms with Crippen molar-refractivity contribution >= 4 is 32.2 Å².